The summed E-state index contributed by atoms with van der Waals surface area (Å²) in [6.07, 6.45) is 4.68. The summed E-state index contributed by atoms with van der Waals surface area (Å²) in [6.45, 7) is 4.49. The fraction of sp³-hybridized carbons (Fsp3) is 0.263. The van der Waals surface area contributed by atoms with Gasteiger partial charge in [-0.1, -0.05) is 18.2 Å². The molecule has 0 bridgehead atoms. The Morgan fingerprint density at radius 3 is 2.65 bits per heavy atom. The second-order valence-electron chi connectivity index (χ2n) is 5.57. The Morgan fingerprint density at radius 1 is 1.15 bits per heavy atom. The van der Waals surface area contributed by atoms with Crippen LogP contribution in [0, 0.1) is 0 Å². The molecule has 2 aromatic heterocycles. The molecule has 3 rings (SSSR count). The van der Waals surface area contributed by atoms with Gasteiger partial charge in [0.25, 0.3) is 0 Å². The van der Waals surface area contributed by atoms with Crippen LogP contribution in [-0.4, -0.2) is 28.8 Å². The molecule has 7 heteroatoms. The summed E-state index contributed by atoms with van der Waals surface area (Å²) in [6, 6.07) is 14.6. The van der Waals surface area contributed by atoms with Crippen LogP contribution >= 0.6 is 35.3 Å². The molecule has 0 unspecified atom stereocenters. The lowest BCUT2D eigenvalue weighted by atomic mass is 10.1. The highest BCUT2D eigenvalue weighted by Gasteiger charge is 2.00. The Kier molecular flexibility index (Phi) is 8.63. The number of rotatable bonds is 7. The maximum Gasteiger partial charge on any atom is 0.191 e. The van der Waals surface area contributed by atoms with Crippen molar-refractivity contribution in [2.45, 2.75) is 19.9 Å². The van der Waals surface area contributed by atoms with E-state index in [1.165, 1.54) is 10.4 Å². The molecule has 26 heavy (non-hydrogen) atoms. The number of benzene rings is 1. The predicted molar refractivity (Wildman–Crippen MR) is 120 cm³/mol. The van der Waals surface area contributed by atoms with Crippen LogP contribution < -0.4 is 10.6 Å². The summed E-state index contributed by atoms with van der Waals surface area (Å²) < 4.78 is 1.86. The van der Waals surface area contributed by atoms with E-state index in [9.17, 15) is 0 Å². The first-order valence-electron chi connectivity index (χ1n) is 8.48. The maximum absolute atomic E-state index is 4.63. The van der Waals surface area contributed by atoms with Crippen molar-refractivity contribution in [1.29, 1.82) is 0 Å². The summed E-state index contributed by atoms with van der Waals surface area (Å²) in [4.78, 5) is 5.90. The summed E-state index contributed by atoms with van der Waals surface area (Å²) in [5, 5.41) is 13.0. The Balaban J connectivity index is 0.00000243. The first-order valence-corrected chi connectivity index (χ1v) is 9.36. The zero-order valence-electron chi connectivity index (χ0n) is 14.8. The van der Waals surface area contributed by atoms with E-state index in [-0.39, 0.29) is 24.0 Å². The summed E-state index contributed by atoms with van der Waals surface area (Å²) in [7, 11) is 0. The Morgan fingerprint density at radius 2 is 2.00 bits per heavy atom. The van der Waals surface area contributed by atoms with E-state index in [2.05, 4.69) is 69.4 Å². The van der Waals surface area contributed by atoms with Crippen LogP contribution in [0.5, 0.6) is 0 Å². The largest absolute Gasteiger partial charge is 0.357 e. The Labute approximate surface area is 175 Å². The molecule has 2 heterocycles. The van der Waals surface area contributed by atoms with Gasteiger partial charge in [-0.2, -0.15) is 5.10 Å². The Bertz CT molecular complexity index is 767. The molecule has 0 amide bonds. The fourth-order valence-corrected chi connectivity index (χ4v) is 3.09. The first-order chi connectivity index (χ1) is 12.3. The number of nitrogens with zero attached hydrogens (tertiary/aromatic N) is 3. The second kappa shape index (κ2) is 11.0. The van der Waals surface area contributed by atoms with Gasteiger partial charge in [-0.15, -0.1) is 35.3 Å². The van der Waals surface area contributed by atoms with Crippen LogP contribution in [0.25, 0.3) is 5.69 Å². The van der Waals surface area contributed by atoms with E-state index < -0.39 is 0 Å². The van der Waals surface area contributed by atoms with Gasteiger partial charge in [-0.25, -0.2) is 9.67 Å². The number of halogens is 1. The van der Waals surface area contributed by atoms with E-state index in [4.69, 9.17) is 0 Å². The number of hydrogen-bond donors (Lipinski definition) is 2. The van der Waals surface area contributed by atoms with Gasteiger partial charge in [0, 0.05) is 30.4 Å². The second-order valence-corrected chi connectivity index (χ2v) is 6.60. The van der Waals surface area contributed by atoms with Gasteiger partial charge in [0.15, 0.2) is 5.96 Å². The minimum atomic E-state index is 0. The zero-order valence-corrected chi connectivity index (χ0v) is 17.9. The lowest BCUT2D eigenvalue weighted by Crippen LogP contribution is -2.38. The molecular weight excluding hydrogens is 457 g/mol. The highest BCUT2D eigenvalue weighted by molar-refractivity contribution is 14.0. The van der Waals surface area contributed by atoms with Crippen molar-refractivity contribution in [2.24, 2.45) is 4.99 Å². The lowest BCUT2D eigenvalue weighted by molar-refractivity contribution is 0.800. The fourth-order valence-electron chi connectivity index (χ4n) is 2.46. The van der Waals surface area contributed by atoms with Crippen molar-refractivity contribution in [1.82, 2.24) is 20.4 Å². The minimum Gasteiger partial charge on any atom is -0.357 e. The van der Waals surface area contributed by atoms with Gasteiger partial charge >= 0.3 is 0 Å². The van der Waals surface area contributed by atoms with Crippen molar-refractivity contribution < 1.29 is 0 Å². The number of hydrogen-bond acceptors (Lipinski definition) is 3. The summed E-state index contributed by atoms with van der Waals surface area (Å²) in [5.41, 5.74) is 2.37. The first kappa shape index (κ1) is 20.4. The van der Waals surface area contributed by atoms with Gasteiger partial charge < -0.3 is 10.6 Å². The third-order valence-corrected chi connectivity index (χ3v) is 4.59. The average molecular weight is 481 g/mol. The number of aromatic nitrogens is 2. The molecule has 5 nitrogen and oxygen atoms in total. The molecule has 0 aliphatic carbocycles. The van der Waals surface area contributed by atoms with Crippen LogP contribution in [-0.2, 0) is 13.0 Å². The zero-order chi connectivity index (χ0) is 17.3. The standard InChI is InChI=1S/C19H23N5S.HI/c1-2-20-19(22-15-18-5-3-14-25-18)21-12-10-16-6-8-17(9-7-16)24-13-4-11-23-24;/h3-9,11,13-14H,2,10,12,15H2,1H3,(H2,20,21,22);1H. The van der Waals surface area contributed by atoms with Gasteiger partial charge in [-0.05, 0) is 48.6 Å². The number of nitrogens with one attached hydrogen (secondary N) is 2. The van der Waals surface area contributed by atoms with E-state index in [0.29, 0.717) is 6.54 Å². The topological polar surface area (TPSA) is 54.2 Å². The van der Waals surface area contributed by atoms with Crippen molar-refractivity contribution in [2.75, 3.05) is 13.1 Å². The summed E-state index contributed by atoms with van der Waals surface area (Å²) >= 11 is 1.73. The van der Waals surface area contributed by atoms with E-state index in [1.807, 2.05) is 16.9 Å². The van der Waals surface area contributed by atoms with E-state index >= 15 is 0 Å². The number of thiophene rings is 1. The molecule has 3 aromatic rings. The van der Waals surface area contributed by atoms with Crippen molar-refractivity contribution in [3.63, 3.8) is 0 Å². The van der Waals surface area contributed by atoms with E-state index in [0.717, 1.165) is 31.2 Å². The number of aliphatic imine (C=N–C) groups is 1. The SMILES string of the molecule is CCNC(=NCc1cccs1)NCCc1ccc(-n2cccn2)cc1.I. The van der Waals surface area contributed by atoms with Crippen LogP contribution in [0.4, 0.5) is 0 Å². The number of guanidine groups is 1. The van der Waals surface area contributed by atoms with Crippen molar-refractivity contribution in [3.8, 4) is 5.69 Å². The van der Waals surface area contributed by atoms with Gasteiger partial charge in [0.1, 0.15) is 0 Å². The van der Waals surface area contributed by atoms with Gasteiger partial charge in [0.05, 0.1) is 12.2 Å². The molecule has 0 aliphatic rings. The molecule has 0 aliphatic heterocycles. The highest BCUT2D eigenvalue weighted by atomic mass is 127. The monoisotopic (exact) mass is 481 g/mol. The van der Waals surface area contributed by atoms with Crippen LogP contribution in [0.15, 0.2) is 65.2 Å². The third-order valence-electron chi connectivity index (χ3n) is 3.73. The Hall–Kier alpha value is -1.87. The maximum atomic E-state index is 4.63. The van der Waals surface area contributed by atoms with Gasteiger partial charge in [0.2, 0.25) is 0 Å². The van der Waals surface area contributed by atoms with Crippen molar-refractivity contribution >= 4 is 41.3 Å². The lowest BCUT2D eigenvalue weighted by Gasteiger charge is -2.11. The average Bonchev–Trinajstić information content (AvgIpc) is 3.34. The third kappa shape index (κ3) is 6.14. The quantitative estimate of drug-likeness (QED) is 0.306. The van der Waals surface area contributed by atoms with Crippen molar-refractivity contribution in [3.05, 3.63) is 70.7 Å². The highest BCUT2D eigenvalue weighted by Crippen LogP contribution is 2.10. The molecule has 1 aromatic carbocycles. The molecule has 2 N–H and O–H groups in total. The normalized spacial score (nSPS) is 11.0. The van der Waals surface area contributed by atoms with Crippen LogP contribution in [0.1, 0.15) is 17.4 Å². The molecule has 138 valence electrons. The predicted octanol–water partition coefficient (Wildman–Crippen LogP) is 3.85. The molecule has 0 saturated heterocycles. The van der Waals surface area contributed by atoms with E-state index in [1.54, 1.807) is 17.5 Å². The van der Waals surface area contributed by atoms with Crippen LogP contribution in [0.3, 0.4) is 0 Å². The molecule has 0 fully saturated rings. The molecule has 0 spiro atoms. The summed E-state index contributed by atoms with van der Waals surface area (Å²) in [5.74, 6) is 0.865. The minimum absolute atomic E-state index is 0. The van der Waals surface area contributed by atoms with Crippen LogP contribution in [0.2, 0.25) is 0 Å². The molecular formula is C19H24IN5S. The molecule has 0 atom stereocenters. The smallest absolute Gasteiger partial charge is 0.191 e. The molecule has 0 saturated carbocycles. The van der Waals surface area contributed by atoms with Gasteiger partial charge in [-0.3, -0.25) is 0 Å². The molecule has 0 radical (unpaired) electrons.